The average molecular weight is 375 g/mol. The van der Waals surface area contributed by atoms with Gasteiger partial charge in [-0.25, -0.2) is 4.98 Å². The van der Waals surface area contributed by atoms with Gasteiger partial charge in [0.15, 0.2) is 0 Å². The molecule has 1 aliphatic heterocycles. The predicted molar refractivity (Wildman–Crippen MR) is 104 cm³/mol. The van der Waals surface area contributed by atoms with Gasteiger partial charge in [0.25, 0.3) is 0 Å². The van der Waals surface area contributed by atoms with Crippen LogP contribution in [0.25, 0.3) is 0 Å². The Kier molecular flexibility index (Phi) is 7.09. The molecule has 1 amide bonds. The normalized spacial score (nSPS) is 15.9. The molecule has 2 N–H and O–H groups in total. The van der Waals surface area contributed by atoms with Crippen molar-refractivity contribution < 1.29 is 4.79 Å². The molecule has 1 fully saturated rings. The second-order valence-electron chi connectivity index (χ2n) is 7.03. The van der Waals surface area contributed by atoms with Crippen molar-refractivity contribution in [2.24, 2.45) is 5.92 Å². The highest BCUT2D eigenvalue weighted by Gasteiger charge is 2.20. The molecular formula is C20H27ClN4O. The maximum Gasteiger partial charge on any atom is 0.221 e. The number of benzene rings is 1. The Hall–Kier alpha value is -1.85. The molecule has 1 aromatic heterocycles. The SMILES string of the molecule is O=C(CCN1CCC(Cc2c[nH]cn2)CC1)NCCc1ccc(Cl)cc1. The fraction of sp³-hybridized carbons (Fsp3) is 0.500. The van der Waals surface area contributed by atoms with Crippen molar-refractivity contribution in [3.05, 3.63) is 53.1 Å². The highest BCUT2D eigenvalue weighted by atomic mass is 35.5. The number of aromatic nitrogens is 2. The number of amides is 1. The van der Waals surface area contributed by atoms with Crippen molar-refractivity contribution >= 4 is 17.5 Å². The quantitative estimate of drug-likeness (QED) is 0.746. The zero-order valence-electron chi connectivity index (χ0n) is 15.1. The molecule has 0 saturated carbocycles. The van der Waals surface area contributed by atoms with Crippen LogP contribution < -0.4 is 5.32 Å². The van der Waals surface area contributed by atoms with E-state index in [0.717, 1.165) is 43.2 Å². The number of piperidine rings is 1. The summed E-state index contributed by atoms with van der Waals surface area (Å²) in [5.41, 5.74) is 2.34. The Labute approximate surface area is 160 Å². The van der Waals surface area contributed by atoms with E-state index in [2.05, 4.69) is 20.2 Å². The molecule has 0 unspecified atom stereocenters. The van der Waals surface area contributed by atoms with Gasteiger partial charge in [-0.15, -0.1) is 0 Å². The second-order valence-corrected chi connectivity index (χ2v) is 7.46. The second kappa shape index (κ2) is 9.74. The van der Waals surface area contributed by atoms with Crippen LogP contribution in [0.1, 0.15) is 30.5 Å². The van der Waals surface area contributed by atoms with Gasteiger partial charge in [0, 0.05) is 30.7 Å². The van der Waals surface area contributed by atoms with Gasteiger partial charge in [0.2, 0.25) is 5.91 Å². The van der Waals surface area contributed by atoms with Crippen LogP contribution >= 0.6 is 11.6 Å². The van der Waals surface area contributed by atoms with Crippen molar-refractivity contribution in [2.75, 3.05) is 26.2 Å². The van der Waals surface area contributed by atoms with E-state index in [4.69, 9.17) is 11.6 Å². The molecule has 3 rings (SSSR count). The number of carbonyl (C=O) groups excluding carboxylic acids is 1. The number of halogens is 1. The lowest BCUT2D eigenvalue weighted by molar-refractivity contribution is -0.121. The zero-order chi connectivity index (χ0) is 18.2. The number of hydrogen-bond donors (Lipinski definition) is 2. The maximum atomic E-state index is 12.0. The van der Waals surface area contributed by atoms with Crippen molar-refractivity contribution in [1.29, 1.82) is 0 Å². The molecule has 2 heterocycles. The Morgan fingerprint density at radius 2 is 2.04 bits per heavy atom. The first-order chi connectivity index (χ1) is 12.7. The van der Waals surface area contributed by atoms with E-state index < -0.39 is 0 Å². The van der Waals surface area contributed by atoms with Crippen LogP contribution in [0.15, 0.2) is 36.8 Å². The number of likely N-dealkylation sites (tertiary alicyclic amines) is 1. The first-order valence-corrected chi connectivity index (χ1v) is 9.78. The number of rotatable bonds is 8. The Morgan fingerprint density at radius 3 is 2.73 bits per heavy atom. The smallest absolute Gasteiger partial charge is 0.221 e. The molecule has 0 bridgehead atoms. The van der Waals surface area contributed by atoms with Gasteiger partial charge in [0.1, 0.15) is 0 Å². The van der Waals surface area contributed by atoms with E-state index in [-0.39, 0.29) is 5.91 Å². The first kappa shape index (κ1) is 18.9. The van der Waals surface area contributed by atoms with Crippen LogP contribution in [0.4, 0.5) is 0 Å². The van der Waals surface area contributed by atoms with E-state index in [1.807, 2.05) is 30.5 Å². The molecular weight excluding hydrogens is 348 g/mol. The van der Waals surface area contributed by atoms with Crippen LogP contribution in [0.2, 0.25) is 5.02 Å². The fourth-order valence-electron chi connectivity index (χ4n) is 3.46. The van der Waals surface area contributed by atoms with E-state index in [9.17, 15) is 4.79 Å². The third kappa shape index (κ3) is 6.15. The van der Waals surface area contributed by atoms with Crippen LogP contribution in [0.3, 0.4) is 0 Å². The molecule has 140 valence electrons. The van der Waals surface area contributed by atoms with Crippen LogP contribution in [0.5, 0.6) is 0 Å². The first-order valence-electron chi connectivity index (χ1n) is 9.40. The van der Waals surface area contributed by atoms with Crippen molar-refractivity contribution in [3.63, 3.8) is 0 Å². The molecule has 2 aromatic rings. The minimum Gasteiger partial charge on any atom is -0.356 e. The van der Waals surface area contributed by atoms with E-state index >= 15 is 0 Å². The third-order valence-electron chi connectivity index (χ3n) is 5.06. The Bertz CT molecular complexity index is 664. The molecule has 0 atom stereocenters. The van der Waals surface area contributed by atoms with Gasteiger partial charge in [-0.3, -0.25) is 4.79 Å². The van der Waals surface area contributed by atoms with Gasteiger partial charge in [-0.05, 0) is 62.4 Å². The predicted octanol–water partition coefficient (Wildman–Crippen LogP) is 3.07. The standard InChI is InChI=1S/C20H27ClN4O/c21-18-3-1-16(2-4-18)5-9-23-20(26)8-12-25-10-6-17(7-11-25)13-19-14-22-15-24-19/h1-4,14-15,17H,5-13H2,(H,22,24)(H,23,26). The minimum atomic E-state index is 0.137. The van der Waals surface area contributed by atoms with Crippen molar-refractivity contribution in [1.82, 2.24) is 20.2 Å². The summed E-state index contributed by atoms with van der Waals surface area (Å²) >= 11 is 5.88. The van der Waals surface area contributed by atoms with Crippen molar-refractivity contribution in [3.8, 4) is 0 Å². The average Bonchev–Trinajstić information content (AvgIpc) is 3.16. The van der Waals surface area contributed by atoms with E-state index in [0.29, 0.717) is 18.9 Å². The summed E-state index contributed by atoms with van der Waals surface area (Å²) in [5.74, 6) is 0.848. The summed E-state index contributed by atoms with van der Waals surface area (Å²) in [5, 5.41) is 3.76. The Balaban J connectivity index is 1.27. The number of hydrogen-bond acceptors (Lipinski definition) is 3. The lowest BCUT2D eigenvalue weighted by atomic mass is 9.92. The third-order valence-corrected chi connectivity index (χ3v) is 5.32. The summed E-state index contributed by atoms with van der Waals surface area (Å²) in [6, 6.07) is 7.77. The zero-order valence-corrected chi connectivity index (χ0v) is 15.8. The van der Waals surface area contributed by atoms with Crippen LogP contribution in [0, 0.1) is 5.92 Å². The molecule has 26 heavy (non-hydrogen) atoms. The highest BCUT2D eigenvalue weighted by Crippen LogP contribution is 2.20. The van der Waals surface area contributed by atoms with E-state index in [1.165, 1.54) is 18.4 Å². The fourth-order valence-corrected chi connectivity index (χ4v) is 3.58. The van der Waals surface area contributed by atoms with Crippen LogP contribution in [-0.4, -0.2) is 47.0 Å². The number of nitrogens with one attached hydrogen (secondary N) is 2. The topological polar surface area (TPSA) is 61.0 Å². The van der Waals surface area contributed by atoms with Gasteiger partial charge in [0.05, 0.1) is 12.0 Å². The summed E-state index contributed by atoms with van der Waals surface area (Å²) in [6.45, 7) is 3.67. The summed E-state index contributed by atoms with van der Waals surface area (Å²) < 4.78 is 0. The monoisotopic (exact) mass is 374 g/mol. The largest absolute Gasteiger partial charge is 0.356 e. The molecule has 5 nitrogen and oxygen atoms in total. The molecule has 1 aromatic carbocycles. The van der Waals surface area contributed by atoms with E-state index in [1.54, 1.807) is 6.33 Å². The van der Waals surface area contributed by atoms with Crippen molar-refractivity contribution in [2.45, 2.75) is 32.1 Å². The molecule has 6 heteroatoms. The van der Waals surface area contributed by atoms with Gasteiger partial charge in [-0.2, -0.15) is 0 Å². The lowest BCUT2D eigenvalue weighted by Crippen LogP contribution is -2.37. The molecule has 1 saturated heterocycles. The maximum absolute atomic E-state index is 12.0. The minimum absolute atomic E-state index is 0.137. The summed E-state index contributed by atoms with van der Waals surface area (Å²) in [4.78, 5) is 21.8. The molecule has 1 aliphatic rings. The van der Waals surface area contributed by atoms with Gasteiger partial charge >= 0.3 is 0 Å². The Morgan fingerprint density at radius 1 is 1.27 bits per heavy atom. The van der Waals surface area contributed by atoms with Gasteiger partial charge in [-0.1, -0.05) is 23.7 Å². The molecule has 0 spiro atoms. The van der Waals surface area contributed by atoms with Crippen LogP contribution in [-0.2, 0) is 17.6 Å². The number of nitrogens with zero attached hydrogens (tertiary/aromatic N) is 2. The number of aromatic amines is 1. The number of carbonyl (C=O) groups is 1. The molecule has 0 radical (unpaired) electrons. The number of imidazole rings is 1. The van der Waals surface area contributed by atoms with Gasteiger partial charge < -0.3 is 15.2 Å². The summed E-state index contributed by atoms with van der Waals surface area (Å²) in [7, 11) is 0. The molecule has 0 aliphatic carbocycles. The number of H-pyrrole nitrogens is 1. The summed E-state index contributed by atoms with van der Waals surface area (Å²) in [6.07, 6.45) is 8.57. The highest BCUT2D eigenvalue weighted by molar-refractivity contribution is 6.30. The lowest BCUT2D eigenvalue weighted by Gasteiger charge is -2.31.